The van der Waals surface area contributed by atoms with E-state index in [1.165, 1.54) is 4.80 Å². The van der Waals surface area contributed by atoms with Crippen LogP contribution >= 0.6 is 11.5 Å². The Morgan fingerprint density at radius 3 is 2.76 bits per heavy atom. The average molecular weight is 252 g/mol. The smallest absolute Gasteiger partial charge is 0.184 e. The lowest BCUT2D eigenvalue weighted by Crippen LogP contribution is -2.07. The molecule has 0 saturated heterocycles. The van der Waals surface area contributed by atoms with Gasteiger partial charge in [-0.15, -0.1) is 15.3 Å². The molecule has 0 bridgehead atoms. The molecule has 17 heavy (non-hydrogen) atoms. The first kappa shape index (κ1) is 11.8. The molecule has 7 nitrogen and oxygen atoms in total. The second kappa shape index (κ2) is 4.66. The molecule has 2 aromatic heterocycles. The number of rotatable bonds is 4. The van der Waals surface area contributed by atoms with E-state index in [2.05, 4.69) is 25.0 Å². The Labute approximate surface area is 102 Å². The second-order valence-corrected chi connectivity index (χ2v) is 4.69. The summed E-state index contributed by atoms with van der Waals surface area (Å²) in [4.78, 5) is 13.9. The van der Waals surface area contributed by atoms with Crippen LogP contribution in [0.1, 0.15) is 41.0 Å². The fraction of sp³-hybridized carbons (Fsp3) is 0.556. The minimum Gasteiger partial charge on any atom is -0.293 e. The van der Waals surface area contributed by atoms with E-state index in [1.807, 2.05) is 13.8 Å². The van der Waals surface area contributed by atoms with Gasteiger partial charge in [0.2, 0.25) is 0 Å². The number of hydrogen-bond acceptors (Lipinski definition) is 7. The van der Waals surface area contributed by atoms with Gasteiger partial charge in [0.1, 0.15) is 4.88 Å². The van der Waals surface area contributed by atoms with E-state index in [0.29, 0.717) is 10.7 Å². The number of aryl methyl sites for hydroxylation is 1. The number of Topliss-reactive ketones (excluding diaryl/α,β-unsaturated/α-hetero) is 1. The molecule has 0 aliphatic rings. The zero-order valence-electron chi connectivity index (χ0n) is 9.78. The molecule has 2 rings (SSSR count). The number of aromatic nitrogens is 6. The van der Waals surface area contributed by atoms with E-state index in [0.717, 1.165) is 17.2 Å². The largest absolute Gasteiger partial charge is 0.293 e. The number of carbonyl (C=O) groups is 1. The average Bonchev–Trinajstić information content (AvgIpc) is 2.86. The quantitative estimate of drug-likeness (QED) is 0.741. The van der Waals surface area contributed by atoms with Crippen LogP contribution in [0.4, 0.5) is 0 Å². The van der Waals surface area contributed by atoms with Gasteiger partial charge in [0.05, 0.1) is 19.2 Å². The van der Waals surface area contributed by atoms with Crippen LogP contribution in [0.5, 0.6) is 0 Å². The highest BCUT2D eigenvalue weighted by Crippen LogP contribution is 2.20. The number of tetrazole rings is 1. The molecule has 8 heteroatoms. The van der Waals surface area contributed by atoms with Crippen molar-refractivity contribution in [3.8, 4) is 0 Å². The van der Waals surface area contributed by atoms with Gasteiger partial charge in [0.15, 0.2) is 11.6 Å². The van der Waals surface area contributed by atoms with E-state index in [-0.39, 0.29) is 18.1 Å². The first-order valence-electron chi connectivity index (χ1n) is 5.16. The molecule has 0 atom stereocenters. The van der Waals surface area contributed by atoms with E-state index < -0.39 is 0 Å². The van der Waals surface area contributed by atoms with Crippen LogP contribution in [0.3, 0.4) is 0 Å². The Morgan fingerprint density at radius 2 is 2.18 bits per heavy atom. The van der Waals surface area contributed by atoms with Crippen LogP contribution in [0.25, 0.3) is 0 Å². The third-order valence-electron chi connectivity index (χ3n) is 2.18. The molecule has 0 radical (unpaired) electrons. The molecule has 0 amide bonds. The summed E-state index contributed by atoms with van der Waals surface area (Å²) in [5.41, 5.74) is 0.740. The normalized spacial score (nSPS) is 11.1. The fourth-order valence-electron chi connectivity index (χ4n) is 1.39. The summed E-state index contributed by atoms with van der Waals surface area (Å²) in [6.45, 7) is 3.96. The summed E-state index contributed by atoms with van der Waals surface area (Å²) in [5, 5.41) is 15.4. The molecule has 0 aliphatic heterocycles. The Hall–Kier alpha value is -1.70. The predicted octanol–water partition coefficient (Wildman–Crippen LogP) is 0.610. The molecule has 90 valence electrons. The van der Waals surface area contributed by atoms with Crippen molar-refractivity contribution < 1.29 is 4.79 Å². The van der Waals surface area contributed by atoms with Crippen molar-refractivity contribution in [2.75, 3.05) is 0 Å². The van der Waals surface area contributed by atoms with Gasteiger partial charge >= 0.3 is 0 Å². The van der Waals surface area contributed by atoms with Crippen molar-refractivity contribution in [2.24, 2.45) is 7.05 Å². The highest BCUT2D eigenvalue weighted by molar-refractivity contribution is 7.08. The van der Waals surface area contributed by atoms with Gasteiger partial charge in [-0.25, -0.2) is 0 Å². The van der Waals surface area contributed by atoms with Gasteiger partial charge in [-0.3, -0.25) is 4.79 Å². The fourth-order valence-corrected chi connectivity index (χ4v) is 2.14. The Kier molecular flexibility index (Phi) is 3.23. The van der Waals surface area contributed by atoms with Crippen molar-refractivity contribution in [3.63, 3.8) is 0 Å². The molecular formula is C9H12N6OS. The maximum absolute atomic E-state index is 12.0. The van der Waals surface area contributed by atoms with Crippen molar-refractivity contribution in [3.05, 3.63) is 16.4 Å². The predicted molar refractivity (Wildman–Crippen MR) is 60.8 cm³/mol. The molecular weight excluding hydrogens is 240 g/mol. The van der Waals surface area contributed by atoms with Crippen molar-refractivity contribution >= 4 is 17.3 Å². The summed E-state index contributed by atoms with van der Waals surface area (Å²) in [5.74, 6) is 0.542. The maximum atomic E-state index is 12.0. The number of hydrogen-bond donors (Lipinski definition) is 0. The van der Waals surface area contributed by atoms with Gasteiger partial charge in [-0.2, -0.15) is 4.80 Å². The van der Waals surface area contributed by atoms with Crippen LogP contribution in [-0.2, 0) is 13.5 Å². The van der Waals surface area contributed by atoms with E-state index >= 15 is 0 Å². The Balaban J connectivity index is 2.17. The number of ketones is 1. The molecule has 2 aromatic rings. The van der Waals surface area contributed by atoms with Gasteiger partial charge in [-0.05, 0) is 22.7 Å². The zero-order chi connectivity index (χ0) is 12.4. The Bertz CT molecular complexity index is 531. The zero-order valence-corrected chi connectivity index (χ0v) is 10.6. The summed E-state index contributed by atoms with van der Waals surface area (Å²) in [7, 11) is 1.66. The first-order chi connectivity index (χ1) is 8.08. The van der Waals surface area contributed by atoms with Crippen LogP contribution in [0.15, 0.2) is 0 Å². The van der Waals surface area contributed by atoms with E-state index in [4.69, 9.17) is 0 Å². The van der Waals surface area contributed by atoms with Crippen LogP contribution in [0, 0.1) is 0 Å². The highest BCUT2D eigenvalue weighted by Gasteiger charge is 2.20. The summed E-state index contributed by atoms with van der Waals surface area (Å²) in [6, 6.07) is 0. The van der Waals surface area contributed by atoms with E-state index in [1.54, 1.807) is 7.05 Å². The standard InChI is InChI=1S/C9H12N6OS/c1-5(2)8-9(17-14-11-8)6(16)4-7-10-13-15(3)12-7/h5H,4H2,1-3H3. The molecule has 0 saturated carbocycles. The minimum atomic E-state index is -0.0586. The van der Waals surface area contributed by atoms with Crippen LogP contribution in [0.2, 0.25) is 0 Å². The molecule has 0 aliphatic carbocycles. The van der Waals surface area contributed by atoms with Crippen LogP contribution < -0.4 is 0 Å². The summed E-state index contributed by atoms with van der Waals surface area (Å²) < 4.78 is 3.82. The SMILES string of the molecule is CC(C)c1nnsc1C(=O)Cc1nnn(C)n1. The highest BCUT2D eigenvalue weighted by atomic mass is 32.1. The minimum absolute atomic E-state index is 0.0586. The molecule has 0 aromatic carbocycles. The van der Waals surface area contributed by atoms with Crippen molar-refractivity contribution in [1.82, 2.24) is 29.8 Å². The van der Waals surface area contributed by atoms with Crippen molar-refractivity contribution in [2.45, 2.75) is 26.2 Å². The molecule has 0 spiro atoms. The van der Waals surface area contributed by atoms with Gasteiger partial charge < -0.3 is 0 Å². The lowest BCUT2D eigenvalue weighted by molar-refractivity contribution is 0.0993. The molecule has 0 unspecified atom stereocenters. The first-order valence-corrected chi connectivity index (χ1v) is 5.93. The molecule has 0 fully saturated rings. The summed E-state index contributed by atoms with van der Waals surface area (Å²) >= 11 is 1.12. The lowest BCUT2D eigenvalue weighted by atomic mass is 10.1. The topological polar surface area (TPSA) is 86.5 Å². The summed E-state index contributed by atoms with van der Waals surface area (Å²) in [6.07, 6.45) is 0.136. The van der Waals surface area contributed by atoms with Gasteiger partial charge in [0, 0.05) is 0 Å². The number of carbonyl (C=O) groups excluding carboxylic acids is 1. The maximum Gasteiger partial charge on any atom is 0.184 e. The van der Waals surface area contributed by atoms with Crippen LogP contribution in [-0.4, -0.2) is 35.6 Å². The Morgan fingerprint density at radius 1 is 1.41 bits per heavy atom. The third-order valence-corrected chi connectivity index (χ3v) is 2.96. The molecule has 2 heterocycles. The third kappa shape index (κ3) is 2.52. The second-order valence-electron chi connectivity index (χ2n) is 3.94. The van der Waals surface area contributed by atoms with Crippen molar-refractivity contribution in [1.29, 1.82) is 0 Å². The van der Waals surface area contributed by atoms with E-state index in [9.17, 15) is 4.79 Å². The monoisotopic (exact) mass is 252 g/mol. The number of nitrogens with zero attached hydrogens (tertiary/aromatic N) is 6. The molecule has 0 N–H and O–H groups in total. The van der Waals surface area contributed by atoms with Gasteiger partial charge in [0.25, 0.3) is 0 Å². The lowest BCUT2D eigenvalue weighted by Gasteiger charge is -2.01. The van der Waals surface area contributed by atoms with Gasteiger partial charge in [-0.1, -0.05) is 18.3 Å².